The van der Waals surface area contributed by atoms with Crippen LogP contribution in [0.5, 0.6) is 11.5 Å². The van der Waals surface area contributed by atoms with Gasteiger partial charge in [0.2, 0.25) is 5.76 Å². The number of carbonyl (C=O) groups excluding carboxylic acids is 1. The van der Waals surface area contributed by atoms with E-state index in [0.717, 1.165) is 42.6 Å². The second-order valence-electron chi connectivity index (χ2n) is 9.88. The van der Waals surface area contributed by atoms with Crippen LogP contribution in [-0.2, 0) is 0 Å². The molecule has 1 unspecified atom stereocenters. The molecule has 1 amide bonds. The van der Waals surface area contributed by atoms with Crippen LogP contribution in [0.1, 0.15) is 79.4 Å². The van der Waals surface area contributed by atoms with E-state index in [2.05, 4.69) is 25.7 Å². The van der Waals surface area contributed by atoms with Crippen molar-refractivity contribution < 1.29 is 18.7 Å². The third kappa shape index (κ3) is 5.30. The summed E-state index contributed by atoms with van der Waals surface area (Å²) in [6.45, 7) is 16.2. The lowest BCUT2D eigenvalue weighted by molar-refractivity contribution is 0.0708. The predicted molar refractivity (Wildman–Crippen MR) is 151 cm³/mol. The Bertz CT molecular complexity index is 1360. The zero-order valence-electron chi connectivity index (χ0n) is 23.6. The Hall–Kier alpha value is -3.32. The highest BCUT2D eigenvalue weighted by Crippen LogP contribution is 2.41. The number of hydrogen-bond acceptors (Lipinski definition) is 6. The molecule has 0 saturated carbocycles. The third-order valence-corrected chi connectivity index (χ3v) is 7.47. The van der Waals surface area contributed by atoms with Crippen LogP contribution in [0, 0.1) is 13.8 Å². The summed E-state index contributed by atoms with van der Waals surface area (Å²) in [7, 11) is 0. The minimum atomic E-state index is -0.570. The second kappa shape index (κ2) is 12.0. The molecule has 1 aliphatic heterocycles. The summed E-state index contributed by atoms with van der Waals surface area (Å²) in [6, 6.07) is 8.88. The van der Waals surface area contributed by atoms with E-state index in [9.17, 15) is 9.59 Å². The maximum atomic E-state index is 14.0. The molecule has 7 heteroatoms. The number of fused-ring (bicyclic) bond motifs is 2. The first-order valence-electron chi connectivity index (χ1n) is 13.8. The third-order valence-electron chi connectivity index (χ3n) is 7.47. The smallest absolute Gasteiger partial charge is 0.290 e. The van der Waals surface area contributed by atoms with E-state index in [4.69, 9.17) is 13.9 Å². The molecule has 38 heavy (non-hydrogen) atoms. The summed E-state index contributed by atoms with van der Waals surface area (Å²) in [6.07, 6.45) is 1.98. The maximum Gasteiger partial charge on any atom is 0.290 e. The summed E-state index contributed by atoms with van der Waals surface area (Å²) < 4.78 is 18.1. The number of carbonyl (C=O) groups is 1. The van der Waals surface area contributed by atoms with Gasteiger partial charge in [-0.1, -0.05) is 33.3 Å². The zero-order valence-corrected chi connectivity index (χ0v) is 23.6. The van der Waals surface area contributed by atoms with Crippen LogP contribution in [0.15, 0.2) is 39.5 Å². The first kappa shape index (κ1) is 27.7. The number of nitrogens with zero attached hydrogens (tertiary/aromatic N) is 2. The summed E-state index contributed by atoms with van der Waals surface area (Å²) in [5, 5.41) is 0.500. The molecule has 1 atom stereocenters. The van der Waals surface area contributed by atoms with Crippen molar-refractivity contribution in [2.75, 3.05) is 39.4 Å². The second-order valence-corrected chi connectivity index (χ2v) is 9.88. The standard InChI is InChI=1S/C31H40N2O5/c1-7-11-16-37-24-13-12-22(19-26(24)36-10-4)28-27-29(34)23-17-20(5)21(6)18-25(23)38-30(27)31(35)33(28)15-14-32(8-2)9-3/h12-13,17-19,28H,7-11,14-16H2,1-6H3. The summed E-state index contributed by atoms with van der Waals surface area (Å²) in [4.78, 5) is 31.8. The Kier molecular flexibility index (Phi) is 8.77. The first-order valence-corrected chi connectivity index (χ1v) is 13.8. The number of benzene rings is 2. The normalized spacial score (nSPS) is 15.0. The van der Waals surface area contributed by atoms with E-state index in [1.165, 1.54) is 0 Å². The van der Waals surface area contributed by atoms with Gasteiger partial charge >= 0.3 is 0 Å². The summed E-state index contributed by atoms with van der Waals surface area (Å²) >= 11 is 0. The lowest BCUT2D eigenvalue weighted by atomic mass is 9.97. The molecular weight excluding hydrogens is 480 g/mol. The highest BCUT2D eigenvalue weighted by Gasteiger charge is 2.43. The molecular formula is C31H40N2O5. The van der Waals surface area contributed by atoms with Gasteiger partial charge in [0, 0.05) is 13.1 Å². The molecule has 0 saturated heterocycles. The average molecular weight is 521 g/mol. The summed E-state index contributed by atoms with van der Waals surface area (Å²) in [5.74, 6) is 1.16. The Balaban J connectivity index is 1.86. The van der Waals surface area contributed by atoms with Gasteiger partial charge in [-0.25, -0.2) is 0 Å². The minimum absolute atomic E-state index is 0.136. The number of amides is 1. The molecule has 4 rings (SSSR count). The lowest BCUT2D eigenvalue weighted by Gasteiger charge is -2.28. The van der Waals surface area contributed by atoms with Crippen LogP contribution in [0.4, 0.5) is 0 Å². The first-order chi connectivity index (χ1) is 18.3. The van der Waals surface area contributed by atoms with E-state index < -0.39 is 6.04 Å². The largest absolute Gasteiger partial charge is 0.490 e. The molecule has 0 aliphatic carbocycles. The van der Waals surface area contributed by atoms with Crippen molar-refractivity contribution in [3.63, 3.8) is 0 Å². The zero-order chi connectivity index (χ0) is 27.4. The van der Waals surface area contributed by atoms with E-state index in [-0.39, 0.29) is 17.1 Å². The van der Waals surface area contributed by atoms with Gasteiger partial charge in [-0.05, 0) is 81.2 Å². The van der Waals surface area contributed by atoms with Crippen molar-refractivity contribution in [1.82, 2.24) is 9.80 Å². The Morgan fingerprint density at radius 3 is 2.37 bits per heavy atom. The highest BCUT2D eigenvalue weighted by atomic mass is 16.5. The van der Waals surface area contributed by atoms with Gasteiger partial charge in [-0.3, -0.25) is 9.59 Å². The molecule has 1 aliphatic rings. The molecule has 1 aromatic heterocycles. The molecule has 2 aromatic carbocycles. The average Bonchev–Trinajstić information content (AvgIpc) is 3.18. The fourth-order valence-corrected chi connectivity index (χ4v) is 5.05. The van der Waals surface area contributed by atoms with E-state index in [0.29, 0.717) is 54.3 Å². The van der Waals surface area contributed by atoms with Gasteiger partial charge < -0.3 is 23.7 Å². The number of likely N-dealkylation sites (N-methyl/N-ethyl adjacent to an activating group) is 1. The molecule has 0 fully saturated rings. The lowest BCUT2D eigenvalue weighted by Crippen LogP contribution is -2.37. The van der Waals surface area contributed by atoms with Gasteiger partial charge in [-0.15, -0.1) is 0 Å². The Morgan fingerprint density at radius 2 is 1.68 bits per heavy atom. The van der Waals surface area contributed by atoms with Crippen molar-refractivity contribution >= 4 is 16.9 Å². The van der Waals surface area contributed by atoms with Crippen LogP contribution >= 0.6 is 0 Å². The van der Waals surface area contributed by atoms with Gasteiger partial charge in [0.15, 0.2) is 16.9 Å². The molecule has 7 nitrogen and oxygen atoms in total. The van der Waals surface area contributed by atoms with Crippen molar-refractivity contribution in [3.8, 4) is 11.5 Å². The van der Waals surface area contributed by atoms with Crippen LogP contribution in [0.2, 0.25) is 0 Å². The monoisotopic (exact) mass is 520 g/mol. The Labute approximate surface area is 225 Å². The van der Waals surface area contributed by atoms with Gasteiger partial charge in [0.05, 0.1) is 30.2 Å². The van der Waals surface area contributed by atoms with Crippen LogP contribution in [-0.4, -0.2) is 55.1 Å². The number of hydrogen-bond donors (Lipinski definition) is 0. The van der Waals surface area contributed by atoms with E-state index in [1.807, 2.05) is 51.1 Å². The van der Waals surface area contributed by atoms with E-state index in [1.54, 1.807) is 4.90 Å². The molecule has 3 aromatic rings. The number of unbranched alkanes of at least 4 members (excludes halogenated alkanes) is 1. The fourth-order valence-electron chi connectivity index (χ4n) is 5.05. The molecule has 0 N–H and O–H groups in total. The van der Waals surface area contributed by atoms with Gasteiger partial charge in [0.1, 0.15) is 5.58 Å². The van der Waals surface area contributed by atoms with Crippen molar-refractivity contribution in [2.24, 2.45) is 0 Å². The van der Waals surface area contributed by atoms with Crippen LogP contribution < -0.4 is 14.9 Å². The highest BCUT2D eigenvalue weighted by molar-refractivity contribution is 5.99. The Morgan fingerprint density at radius 1 is 0.947 bits per heavy atom. The SMILES string of the molecule is CCCCOc1ccc(C2c3c(oc4cc(C)c(C)cc4c3=O)C(=O)N2CCN(CC)CC)cc1OCC. The predicted octanol–water partition coefficient (Wildman–Crippen LogP) is 5.87. The van der Waals surface area contributed by atoms with Crippen molar-refractivity contribution in [3.05, 3.63) is 68.6 Å². The molecule has 0 radical (unpaired) electrons. The molecule has 204 valence electrons. The van der Waals surface area contributed by atoms with Crippen molar-refractivity contribution in [1.29, 1.82) is 0 Å². The fraction of sp³-hybridized carbons (Fsp3) is 0.484. The van der Waals surface area contributed by atoms with Crippen LogP contribution in [0.3, 0.4) is 0 Å². The van der Waals surface area contributed by atoms with Gasteiger partial charge in [-0.2, -0.15) is 0 Å². The minimum Gasteiger partial charge on any atom is -0.490 e. The molecule has 0 spiro atoms. The maximum absolute atomic E-state index is 14.0. The summed E-state index contributed by atoms with van der Waals surface area (Å²) in [5.41, 5.74) is 3.52. The van der Waals surface area contributed by atoms with Crippen molar-refractivity contribution in [2.45, 2.75) is 60.4 Å². The number of ether oxygens (including phenoxy) is 2. The molecule has 0 bridgehead atoms. The van der Waals surface area contributed by atoms with Gasteiger partial charge in [0.25, 0.3) is 5.91 Å². The van der Waals surface area contributed by atoms with Crippen LogP contribution in [0.25, 0.3) is 11.0 Å². The van der Waals surface area contributed by atoms with E-state index >= 15 is 0 Å². The molecule has 2 heterocycles. The topological polar surface area (TPSA) is 72.2 Å². The number of aryl methyl sites for hydroxylation is 2. The number of rotatable bonds is 12. The quantitative estimate of drug-likeness (QED) is 0.278.